The van der Waals surface area contributed by atoms with E-state index < -0.39 is 10.0 Å². The molecule has 0 saturated carbocycles. The van der Waals surface area contributed by atoms with Crippen LogP contribution in [0.4, 0.5) is 0 Å². The lowest BCUT2D eigenvalue weighted by Gasteiger charge is -2.09. The van der Waals surface area contributed by atoms with Crippen molar-refractivity contribution >= 4 is 20.5 Å². The van der Waals surface area contributed by atoms with E-state index in [9.17, 15) is 0 Å². The Morgan fingerprint density at radius 2 is 1.50 bits per heavy atom. The molecule has 100 valence electrons. The van der Waals surface area contributed by atoms with Crippen LogP contribution in [0.3, 0.4) is 0 Å². The third-order valence-electron chi connectivity index (χ3n) is 1.75. The van der Waals surface area contributed by atoms with E-state index in [1.165, 1.54) is 19.3 Å². The van der Waals surface area contributed by atoms with Gasteiger partial charge >= 0.3 is 10.0 Å². The number of rotatable bonds is 8. The molecule has 0 amide bonds. The van der Waals surface area contributed by atoms with Crippen LogP contribution in [-0.2, 0) is 13.3 Å². The fraction of sp³-hybridized carbons (Fsp3) is 1.00. The van der Waals surface area contributed by atoms with Gasteiger partial charge < -0.3 is 13.3 Å². The van der Waals surface area contributed by atoms with Crippen molar-refractivity contribution < 1.29 is 13.3 Å². The van der Waals surface area contributed by atoms with Gasteiger partial charge in [-0.05, 0) is 34.1 Å². The molecule has 0 heterocycles. The largest absolute Gasteiger partial charge is 0.428 e. The fourth-order valence-electron chi connectivity index (χ4n) is 0.808. The van der Waals surface area contributed by atoms with Gasteiger partial charge in [0.15, 0.2) is 0 Å². The van der Waals surface area contributed by atoms with Crippen molar-refractivity contribution in [2.24, 2.45) is 0 Å². The Morgan fingerprint density at radius 1 is 1.00 bits per heavy atom. The van der Waals surface area contributed by atoms with Crippen molar-refractivity contribution in [2.45, 2.75) is 66.1 Å². The van der Waals surface area contributed by atoms with Crippen molar-refractivity contribution in [2.75, 3.05) is 6.61 Å². The highest BCUT2D eigenvalue weighted by atomic mass is 28.3. The van der Waals surface area contributed by atoms with Crippen LogP contribution in [0.2, 0.25) is 0 Å². The van der Waals surface area contributed by atoms with Gasteiger partial charge in [-0.25, -0.2) is 0 Å². The quantitative estimate of drug-likeness (QED) is 0.490. The number of unbranched alkanes of at least 4 members (excludes halogenated alkanes) is 2. The monoisotopic (exact) mass is 266 g/mol. The molecule has 3 nitrogen and oxygen atoms in total. The van der Waals surface area contributed by atoms with Crippen LogP contribution in [0.25, 0.3) is 0 Å². The molecule has 0 radical (unpaired) electrons. The summed E-state index contributed by atoms with van der Waals surface area (Å²) in [5, 5.41) is 0. The highest BCUT2D eigenvalue weighted by molar-refractivity contribution is 6.18. The van der Waals surface area contributed by atoms with Gasteiger partial charge in [-0.1, -0.05) is 19.8 Å². The molecule has 0 rings (SSSR count). The molecule has 0 aromatic heterocycles. The Hall–Kier alpha value is 0.314. The minimum absolute atomic E-state index is 0.329. The van der Waals surface area contributed by atoms with E-state index in [4.69, 9.17) is 13.3 Å². The van der Waals surface area contributed by atoms with Gasteiger partial charge in [0.05, 0.1) is 0 Å². The van der Waals surface area contributed by atoms with Gasteiger partial charge in [0, 0.05) is 18.8 Å². The van der Waals surface area contributed by atoms with Crippen molar-refractivity contribution in [1.29, 1.82) is 0 Å². The second-order valence-corrected chi connectivity index (χ2v) is 5.73. The molecular weight excluding hydrogens is 236 g/mol. The molecule has 0 bridgehead atoms. The topological polar surface area (TPSA) is 27.7 Å². The van der Waals surface area contributed by atoms with E-state index in [0.29, 0.717) is 12.2 Å². The van der Waals surface area contributed by atoms with Crippen molar-refractivity contribution in [3.63, 3.8) is 0 Å². The number of hydrogen-bond acceptors (Lipinski definition) is 3. The second-order valence-electron chi connectivity index (χ2n) is 4.25. The SMILES string of the molecule is CC(C)O[SiH2]OC(C)C.CCCCCO[SiH3]. The van der Waals surface area contributed by atoms with Crippen LogP contribution >= 0.6 is 0 Å². The molecular formula is C11H30O3Si2. The molecule has 0 aromatic rings. The van der Waals surface area contributed by atoms with Crippen molar-refractivity contribution in [1.82, 2.24) is 0 Å². The zero-order valence-electron chi connectivity index (χ0n) is 11.9. The molecule has 0 unspecified atom stereocenters. The lowest BCUT2D eigenvalue weighted by atomic mass is 10.3. The first kappa shape index (κ1) is 18.7. The zero-order valence-corrected chi connectivity index (χ0v) is 15.3. The Morgan fingerprint density at radius 3 is 1.81 bits per heavy atom. The van der Waals surface area contributed by atoms with Crippen LogP contribution in [0, 0.1) is 0 Å². The molecule has 0 aliphatic rings. The molecule has 0 N–H and O–H groups in total. The molecule has 0 aromatic carbocycles. The van der Waals surface area contributed by atoms with Crippen LogP contribution < -0.4 is 0 Å². The van der Waals surface area contributed by atoms with E-state index in [-0.39, 0.29) is 0 Å². The Bertz CT molecular complexity index is 110. The van der Waals surface area contributed by atoms with E-state index in [2.05, 4.69) is 6.92 Å². The van der Waals surface area contributed by atoms with E-state index in [1.54, 1.807) is 0 Å². The van der Waals surface area contributed by atoms with Crippen molar-refractivity contribution in [3.05, 3.63) is 0 Å². The van der Waals surface area contributed by atoms with Crippen LogP contribution in [0.1, 0.15) is 53.9 Å². The summed E-state index contributed by atoms with van der Waals surface area (Å²) >= 11 is 0. The Kier molecular flexibility index (Phi) is 17.9. The van der Waals surface area contributed by atoms with E-state index in [0.717, 1.165) is 17.1 Å². The summed E-state index contributed by atoms with van der Waals surface area (Å²) in [6.07, 6.45) is 4.53. The van der Waals surface area contributed by atoms with E-state index >= 15 is 0 Å². The van der Waals surface area contributed by atoms with Gasteiger partial charge in [0.25, 0.3) is 0 Å². The molecule has 5 heteroatoms. The highest BCUT2D eigenvalue weighted by Crippen LogP contribution is 1.91. The average Bonchev–Trinajstić information content (AvgIpc) is 2.18. The smallest absolute Gasteiger partial charge is 0.304 e. The third kappa shape index (κ3) is 23.9. The maximum atomic E-state index is 5.27. The summed E-state index contributed by atoms with van der Waals surface area (Å²) in [6.45, 7) is 11.3. The first-order chi connectivity index (χ1) is 7.54. The number of hydrogen-bond donors (Lipinski definition) is 0. The summed E-state index contributed by atoms with van der Waals surface area (Å²) in [5.41, 5.74) is 0. The predicted molar refractivity (Wildman–Crippen MR) is 76.4 cm³/mol. The van der Waals surface area contributed by atoms with Crippen LogP contribution in [-0.4, -0.2) is 39.3 Å². The summed E-state index contributed by atoms with van der Waals surface area (Å²) in [5.74, 6) is 0. The fourth-order valence-corrected chi connectivity index (χ4v) is 1.72. The van der Waals surface area contributed by atoms with Crippen LogP contribution in [0.5, 0.6) is 0 Å². The molecule has 0 aliphatic heterocycles. The highest BCUT2D eigenvalue weighted by Gasteiger charge is 1.95. The molecule has 16 heavy (non-hydrogen) atoms. The minimum Gasteiger partial charge on any atom is -0.428 e. The maximum Gasteiger partial charge on any atom is 0.304 e. The third-order valence-corrected chi connectivity index (χ3v) is 3.77. The predicted octanol–water partition coefficient (Wildman–Crippen LogP) is 1.31. The van der Waals surface area contributed by atoms with Gasteiger partial charge in [0.1, 0.15) is 10.5 Å². The summed E-state index contributed by atoms with van der Waals surface area (Å²) in [7, 11) is 0.222. The molecule has 0 spiro atoms. The average molecular weight is 267 g/mol. The molecule has 0 fully saturated rings. The standard InChI is InChI=1S/C6H16O2Si.C5H14OSi/c1-5(2)7-9-8-6(3)4;1-2-3-4-5-6-7/h5-6H,9H2,1-4H3;2-5H2,1,7H3. The second kappa shape index (κ2) is 15.3. The van der Waals surface area contributed by atoms with Crippen LogP contribution in [0.15, 0.2) is 0 Å². The molecule has 0 saturated heterocycles. The Labute approximate surface area is 107 Å². The summed E-state index contributed by atoms with van der Waals surface area (Å²) < 4.78 is 15.5. The first-order valence-electron chi connectivity index (χ1n) is 6.26. The Balaban J connectivity index is 0. The molecule has 0 atom stereocenters. The molecule has 0 aliphatic carbocycles. The van der Waals surface area contributed by atoms with Gasteiger partial charge in [-0.2, -0.15) is 0 Å². The lowest BCUT2D eigenvalue weighted by Crippen LogP contribution is -2.14. The zero-order chi connectivity index (χ0) is 12.8. The minimum atomic E-state index is -0.684. The van der Waals surface area contributed by atoms with Gasteiger partial charge in [-0.15, -0.1) is 0 Å². The van der Waals surface area contributed by atoms with Gasteiger partial charge in [0.2, 0.25) is 0 Å². The normalized spacial score (nSPS) is 10.7. The summed E-state index contributed by atoms with van der Waals surface area (Å²) in [6, 6.07) is 0. The van der Waals surface area contributed by atoms with E-state index in [1.807, 2.05) is 27.7 Å². The lowest BCUT2D eigenvalue weighted by molar-refractivity contribution is 0.152. The first-order valence-corrected chi connectivity index (χ1v) is 8.23. The summed E-state index contributed by atoms with van der Waals surface area (Å²) in [4.78, 5) is 0. The van der Waals surface area contributed by atoms with Gasteiger partial charge in [-0.3, -0.25) is 0 Å². The maximum absolute atomic E-state index is 5.27. The van der Waals surface area contributed by atoms with Crippen molar-refractivity contribution in [3.8, 4) is 0 Å².